The van der Waals surface area contributed by atoms with Crippen LogP contribution in [0.1, 0.15) is 36.5 Å². The summed E-state index contributed by atoms with van der Waals surface area (Å²) in [5.74, 6) is -0.0724. The number of nitrogens with zero attached hydrogens (tertiary/aromatic N) is 4. The smallest absolute Gasteiger partial charge is 0.409 e. The summed E-state index contributed by atoms with van der Waals surface area (Å²) in [6.45, 7) is 6.44. The fourth-order valence-electron chi connectivity index (χ4n) is 4.84. The molecule has 0 atom stereocenters. The van der Waals surface area contributed by atoms with E-state index in [0.29, 0.717) is 48.9 Å². The van der Waals surface area contributed by atoms with Crippen molar-refractivity contribution in [1.29, 1.82) is 0 Å². The van der Waals surface area contributed by atoms with Crippen molar-refractivity contribution in [1.82, 2.24) is 14.8 Å². The second-order valence-electron chi connectivity index (χ2n) is 9.36. The lowest BCUT2D eigenvalue weighted by Gasteiger charge is -2.34. The van der Waals surface area contributed by atoms with Gasteiger partial charge >= 0.3 is 6.09 Å². The van der Waals surface area contributed by atoms with E-state index in [2.05, 4.69) is 29.2 Å². The van der Waals surface area contributed by atoms with Crippen LogP contribution in [-0.4, -0.2) is 72.7 Å². The molecule has 0 saturated carbocycles. The van der Waals surface area contributed by atoms with E-state index < -0.39 is 0 Å². The topological polar surface area (TPSA) is 66.0 Å². The molecule has 8 heteroatoms. The normalized spacial score (nSPS) is 16.0. The Hall–Kier alpha value is -3.32. The van der Waals surface area contributed by atoms with E-state index in [0.717, 1.165) is 36.2 Å². The van der Waals surface area contributed by atoms with E-state index in [1.165, 1.54) is 18.5 Å². The summed E-state index contributed by atoms with van der Waals surface area (Å²) < 4.78 is 5.21. The number of aromatic nitrogens is 1. The van der Waals surface area contributed by atoms with Crippen molar-refractivity contribution in [2.24, 2.45) is 0 Å². The highest BCUT2D eigenvalue weighted by Crippen LogP contribution is 2.30. The van der Waals surface area contributed by atoms with Gasteiger partial charge in [-0.3, -0.25) is 4.79 Å². The zero-order valence-electron chi connectivity index (χ0n) is 20.6. The zero-order chi connectivity index (χ0) is 25.1. The SMILES string of the molecule is CCCOC(=O)N1CCN(C(=O)c2ccc3c(Cl)cc(-c4ccc(N5CCCC5)cc4)nc3c2)CC1. The molecule has 0 spiro atoms. The molecule has 0 aliphatic carbocycles. The lowest BCUT2D eigenvalue weighted by molar-refractivity contribution is 0.0560. The third-order valence-electron chi connectivity index (χ3n) is 6.90. The molecule has 0 bridgehead atoms. The van der Waals surface area contributed by atoms with E-state index in [1.54, 1.807) is 15.9 Å². The second kappa shape index (κ2) is 10.7. The molecule has 0 N–H and O–H groups in total. The predicted octanol–water partition coefficient (Wildman–Crippen LogP) is 5.46. The maximum absolute atomic E-state index is 13.2. The number of piperazine rings is 1. The van der Waals surface area contributed by atoms with Crippen LogP contribution in [0.25, 0.3) is 22.2 Å². The van der Waals surface area contributed by atoms with Gasteiger partial charge in [-0.15, -0.1) is 0 Å². The standard InChI is InChI=1S/C28H31ClN4O3/c1-2-17-36-28(35)33-15-13-32(14-16-33)27(34)21-7-10-23-24(29)19-25(30-26(23)18-21)20-5-8-22(9-6-20)31-11-3-4-12-31/h5-10,18-19H,2-4,11-17H2,1H3. The number of halogens is 1. The highest BCUT2D eigenvalue weighted by atomic mass is 35.5. The Bertz CT molecular complexity index is 1250. The summed E-state index contributed by atoms with van der Waals surface area (Å²) in [6.07, 6.45) is 2.96. The Morgan fingerprint density at radius 3 is 2.31 bits per heavy atom. The molecule has 2 aliphatic rings. The number of hydrogen-bond acceptors (Lipinski definition) is 5. The molecule has 5 rings (SSSR count). The third kappa shape index (κ3) is 5.12. The Balaban J connectivity index is 1.32. The average Bonchev–Trinajstić information content (AvgIpc) is 3.46. The van der Waals surface area contributed by atoms with Gasteiger partial charge in [0.05, 0.1) is 22.8 Å². The Morgan fingerprint density at radius 2 is 1.61 bits per heavy atom. The van der Waals surface area contributed by atoms with Gasteiger partial charge in [-0.1, -0.05) is 36.7 Å². The molecule has 2 aromatic carbocycles. The highest BCUT2D eigenvalue weighted by molar-refractivity contribution is 6.35. The minimum atomic E-state index is -0.311. The molecular formula is C28H31ClN4O3. The first-order chi connectivity index (χ1) is 17.5. The van der Waals surface area contributed by atoms with Crippen LogP contribution in [0.2, 0.25) is 5.02 Å². The molecule has 36 heavy (non-hydrogen) atoms. The average molecular weight is 507 g/mol. The number of ether oxygens (including phenoxy) is 1. The van der Waals surface area contributed by atoms with Gasteiger partial charge in [0, 0.05) is 61.5 Å². The highest BCUT2D eigenvalue weighted by Gasteiger charge is 2.26. The number of benzene rings is 2. The first-order valence-corrected chi connectivity index (χ1v) is 13.1. The molecule has 3 heterocycles. The Morgan fingerprint density at radius 1 is 0.917 bits per heavy atom. The molecule has 2 saturated heterocycles. The molecule has 3 aromatic rings. The molecular weight excluding hydrogens is 476 g/mol. The summed E-state index contributed by atoms with van der Waals surface area (Å²) in [4.78, 5) is 36.0. The molecule has 2 fully saturated rings. The maximum atomic E-state index is 13.2. The van der Waals surface area contributed by atoms with Crippen LogP contribution in [0.4, 0.5) is 10.5 Å². The van der Waals surface area contributed by atoms with E-state index >= 15 is 0 Å². The zero-order valence-corrected chi connectivity index (χ0v) is 21.3. The molecule has 2 amide bonds. The maximum Gasteiger partial charge on any atom is 0.409 e. The number of anilines is 1. The van der Waals surface area contributed by atoms with Gasteiger partial charge < -0.3 is 19.4 Å². The summed E-state index contributed by atoms with van der Waals surface area (Å²) in [5.41, 5.74) is 4.26. The van der Waals surface area contributed by atoms with Crippen molar-refractivity contribution in [2.75, 3.05) is 50.8 Å². The second-order valence-corrected chi connectivity index (χ2v) is 9.76. The number of hydrogen-bond donors (Lipinski definition) is 0. The van der Waals surface area contributed by atoms with Gasteiger partial charge in [-0.25, -0.2) is 9.78 Å². The van der Waals surface area contributed by atoms with E-state index in [9.17, 15) is 9.59 Å². The van der Waals surface area contributed by atoms with E-state index in [-0.39, 0.29) is 12.0 Å². The minimum absolute atomic E-state index is 0.0724. The van der Waals surface area contributed by atoms with Crippen molar-refractivity contribution < 1.29 is 14.3 Å². The van der Waals surface area contributed by atoms with Crippen LogP contribution in [0, 0.1) is 0 Å². The lowest BCUT2D eigenvalue weighted by atomic mass is 10.1. The lowest BCUT2D eigenvalue weighted by Crippen LogP contribution is -2.50. The molecule has 0 unspecified atom stereocenters. The molecule has 7 nitrogen and oxygen atoms in total. The van der Waals surface area contributed by atoms with Crippen molar-refractivity contribution in [3.63, 3.8) is 0 Å². The van der Waals surface area contributed by atoms with Gasteiger partial charge in [-0.05, 0) is 49.6 Å². The van der Waals surface area contributed by atoms with Gasteiger partial charge in [-0.2, -0.15) is 0 Å². The molecule has 188 valence electrons. The fraction of sp³-hybridized carbons (Fsp3) is 0.393. The summed E-state index contributed by atoms with van der Waals surface area (Å²) in [6, 6.07) is 15.8. The van der Waals surface area contributed by atoms with Gasteiger partial charge in [0.1, 0.15) is 0 Å². The number of carbonyl (C=O) groups is 2. The number of pyridine rings is 1. The molecule has 2 aliphatic heterocycles. The first kappa shape index (κ1) is 24.4. The van der Waals surface area contributed by atoms with Crippen LogP contribution in [0.5, 0.6) is 0 Å². The third-order valence-corrected chi connectivity index (χ3v) is 7.21. The van der Waals surface area contributed by atoms with Crippen LogP contribution in [0.15, 0.2) is 48.5 Å². The summed E-state index contributed by atoms with van der Waals surface area (Å²) >= 11 is 6.62. The Kier molecular flexibility index (Phi) is 7.28. The van der Waals surface area contributed by atoms with E-state index in [1.807, 2.05) is 25.1 Å². The van der Waals surface area contributed by atoms with Crippen molar-refractivity contribution in [3.05, 3.63) is 59.1 Å². The van der Waals surface area contributed by atoms with Crippen LogP contribution >= 0.6 is 11.6 Å². The van der Waals surface area contributed by atoms with Crippen LogP contribution in [0.3, 0.4) is 0 Å². The number of carbonyl (C=O) groups excluding carboxylic acids is 2. The van der Waals surface area contributed by atoms with Crippen molar-refractivity contribution in [3.8, 4) is 11.3 Å². The van der Waals surface area contributed by atoms with Crippen molar-refractivity contribution >= 4 is 40.2 Å². The van der Waals surface area contributed by atoms with Crippen LogP contribution in [-0.2, 0) is 4.74 Å². The summed E-state index contributed by atoms with van der Waals surface area (Å²) in [7, 11) is 0. The Labute approximate surface area is 216 Å². The largest absolute Gasteiger partial charge is 0.449 e. The number of amides is 2. The van der Waals surface area contributed by atoms with Gasteiger partial charge in [0.2, 0.25) is 0 Å². The number of fused-ring (bicyclic) bond motifs is 1. The van der Waals surface area contributed by atoms with Crippen molar-refractivity contribution in [2.45, 2.75) is 26.2 Å². The molecule has 1 aromatic heterocycles. The van der Waals surface area contributed by atoms with Crippen LogP contribution < -0.4 is 4.90 Å². The number of rotatable bonds is 5. The molecule has 0 radical (unpaired) electrons. The monoisotopic (exact) mass is 506 g/mol. The van der Waals surface area contributed by atoms with E-state index in [4.69, 9.17) is 21.3 Å². The van der Waals surface area contributed by atoms with Gasteiger partial charge in [0.15, 0.2) is 0 Å². The quantitative estimate of drug-likeness (QED) is 0.459. The minimum Gasteiger partial charge on any atom is -0.449 e. The first-order valence-electron chi connectivity index (χ1n) is 12.7. The predicted molar refractivity (Wildman–Crippen MR) is 143 cm³/mol. The summed E-state index contributed by atoms with van der Waals surface area (Å²) in [5, 5.41) is 1.42. The fourth-order valence-corrected chi connectivity index (χ4v) is 5.10. The van der Waals surface area contributed by atoms with Gasteiger partial charge in [0.25, 0.3) is 5.91 Å².